The Labute approximate surface area is 297 Å². The Morgan fingerprint density at radius 1 is 0.765 bits per heavy atom. The first kappa shape index (κ1) is 36.4. The van der Waals surface area contributed by atoms with Crippen LogP contribution < -0.4 is 32.3 Å². The number of benzene rings is 4. The molecule has 4 aromatic rings. The Balaban J connectivity index is 1.44. The van der Waals surface area contributed by atoms with E-state index in [1.165, 1.54) is 0 Å². The summed E-state index contributed by atoms with van der Waals surface area (Å²) in [5, 5.41) is 33.5. The third-order valence-electron chi connectivity index (χ3n) is 9.05. The van der Waals surface area contributed by atoms with Crippen LogP contribution in [0.2, 0.25) is 0 Å². The van der Waals surface area contributed by atoms with Crippen molar-refractivity contribution in [3.8, 4) is 5.75 Å². The van der Waals surface area contributed by atoms with Crippen LogP contribution in [0, 0.1) is 11.3 Å². The number of amides is 4. The van der Waals surface area contributed by atoms with E-state index in [1.54, 1.807) is 30.3 Å². The Morgan fingerprint density at radius 2 is 1.43 bits per heavy atom. The molecular weight excluding hydrogens is 646 g/mol. The summed E-state index contributed by atoms with van der Waals surface area (Å²) in [5.74, 6) is -2.47. The van der Waals surface area contributed by atoms with E-state index >= 15 is 0 Å². The van der Waals surface area contributed by atoms with Gasteiger partial charge in [-0.25, -0.2) is 0 Å². The molecule has 1 fully saturated rings. The van der Waals surface area contributed by atoms with Crippen molar-refractivity contribution in [2.24, 2.45) is 11.7 Å². The first-order valence-corrected chi connectivity index (χ1v) is 17.3. The van der Waals surface area contributed by atoms with Crippen molar-refractivity contribution in [1.82, 2.24) is 21.3 Å². The molecule has 9 N–H and O–H groups in total. The van der Waals surface area contributed by atoms with Gasteiger partial charge in [0.1, 0.15) is 23.9 Å². The molecule has 1 aliphatic heterocycles. The number of carbonyl (C=O) groups is 4. The van der Waals surface area contributed by atoms with Gasteiger partial charge in [-0.05, 0) is 66.8 Å². The smallest absolute Gasteiger partial charge is 0.246 e. The Bertz CT molecular complexity index is 1830. The average molecular weight is 692 g/mol. The molecule has 266 valence electrons. The van der Waals surface area contributed by atoms with Gasteiger partial charge in [-0.2, -0.15) is 0 Å². The van der Waals surface area contributed by atoms with Gasteiger partial charge < -0.3 is 37.4 Å². The van der Waals surface area contributed by atoms with Crippen LogP contribution in [0.3, 0.4) is 0 Å². The minimum atomic E-state index is -1.04. The molecule has 12 heteroatoms. The van der Waals surface area contributed by atoms with Crippen LogP contribution in [-0.4, -0.2) is 59.4 Å². The van der Waals surface area contributed by atoms with Gasteiger partial charge in [-0.15, -0.1) is 0 Å². The Kier molecular flexibility index (Phi) is 12.6. The van der Waals surface area contributed by atoms with Crippen LogP contribution in [0.5, 0.6) is 5.75 Å². The molecule has 12 nitrogen and oxygen atoms in total. The maximum absolute atomic E-state index is 14.0. The molecule has 1 aliphatic rings. The molecule has 0 aromatic heterocycles. The highest BCUT2D eigenvalue weighted by Crippen LogP contribution is 2.24. The molecule has 0 aliphatic carbocycles. The Hall–Kier alpha value is -5.91. The van der Waals surface area contributed by atoms with Crippen LogP contribution in [0.4, 0.5) is 5.69 Å². The molecule has 1 saturated heterocycles. The van der Waals surface area contributed by atoms with E-state index in [2.05, 4.69) is 26.6 Å². The lowest BCUT2D eigenvalue weighted by molar-refractivity contribution is -0.133. The number of phenols is 1. The predicted molar refractivity (Wildman–Crippen MR) is 197 cm³/mol. The van der Waals surface area contributed by atoms with Crippen molar-refractivity contribution in [2.45, 2.75) is 63.1 Å². The van der Waals surface area contributed by atoms with E-state index in [4.69, 9.17) is 11.1 Å². The lowest BCUT2D eigenvalue weighted by Crippen LogP contribution is -2.56. The van der Waals surface area contributed by atoms with Crippen molar-refractivity contribution < 1.29 is 24.3 Å². The second kappa shape index (κ2) is 17.7. The first-order chi connectivity index (χ1) is 24.7. The summed E-state index contributed by atoms with van der Waals surface area (Å²) >= 11 is 0. The highest BCUT2D eigenvalue weighted by atomic mass is 16.3. The number of guanidine groups is 1. The van der Waals surface area contributed by atoms with Gasteiger partial charge in [0.25, 0.3) is 0 Å². The van der Waals surface area contributed by atoms with E-state index in [9.17, 15) is 24.3 Å². The maximum Gasteiger partial charge on any atom is 0.246 e. The molecule has 4 aromatic carbocycles. The fraction of sp³-hybridized carbons (Fsp3) is 0.308. The number of anilines is 1. The van der Waals surface area contributed by atoms with Crippen molar-refractivity contribution in [2.75, 3.05) is 11.9 Å². The van der Waals surface area contributed by atoms with Gasteiger partial charge in [0.15, 0.2) is 5.96 Å². The van der Waals surface area contributed by atoms with Gasteiger partial charge in [0.05, 0.1) is 0 Å². The van der Waals surface area contributed by atoms with E-state index < -0.39 is 41.8 Å². The predicted octanol–water partition coefficient (Wildman–Crippen LogP) is 3.49. The average Bonchev–Trinajstić information content (AvgIpc) is 3.13. The van der Waals surface area contributed by atoms with Gasteiger partial charge in [-0.1, -0.05) is 85.3 Å². The summed E-state index contributed by atoms with van der Waals surface area (Å²) in [4.78, 5) is 55.8. The molecule has 0 spiro atoms. The van der Waals surface area contributed by atoms with Crippen molar-refractivity contribution >= 4 is 46.0 Å². The molecule has 51 heavy (non-hydrogen) atoms. The topological polar surface area (TPSA) is 199 Å². The Morgan fingerprint density at radius 3 is 2.20 bits per heavy atom. The number of fused-ring (bicyclic) bond motifs is 1. The van der Waals surface area contributed by atoms with Crippen LogP contribution >= 0.6 is 0 Å². The molecule has 5 rings (SSSR count). The molecule has 0 radical (unpaired) electrons. The number of nitrogens with two attached hydrogens (primary N) is 1. The number of hydrogen-bond acceptors (Lipinski definition) is 6. The summed E-state index contributed by atoms with van der Waals surface area (Å²) in [6.45, 7) is 0.295. The van der Waals surface area contributed by atoms with Gasteiger partial charge in [0.2, 0.25) is 23.6 Å². The summed E-state index contributed by atoms with van der Waals surface area (Å²) in [6, 6.07) is 26.2. The second-order valence-electron chi connectivity index (χ2n) is 12.9. The van der Waals surface area contributed by atoms with Crippen molar-refractivity contribution in [1.29, 1.82) is 5.41 Å². The zero-order valence-electron chi connectivity index (χ0n) is 28.4. The first-order valence-electron chi connectivity index (χ1n) is 17.3. The molecule has 0 saturated carbocycles. The summed E-state index contributed by atoms with van der Waals surface area (Å²) in [6.07, 6.45) is 2.14. The van der Waals surface area contributed by atoms with Crippen LogP contribution in [-0.2, 0) is 32.0 Å². The summed E-state index contributed by atoms with van der Waals surface area (Å²) in [5.41, 5.74) is 7.70. The number of phenolic OH excluding ortho intramolecular Hbond substituents is 1. The van der Waals surface area contributed by atoms with E-state index in [-0.39, 0.29) is 36.9 Å². The summed E-state index contributed by atoms with van der Waals surface area (Å²) < 4.78 is 0. The lowest BCUT2D eigenvalue weighted by Gasteiger charge is -2.25. The van der Waals surface area contributed by atoms with Crippen molar-refractivity contribution in [3.05, 3.63) is 108 Å². The number of nitrogens with one attached hydrogen (secondary N) is 6. The van der Waals surface area contributed by atoms with Crippen LogP contribution in [0.15, 0.2) is 97.1 Å². The number of aromatic hydroxyl groups is 1. The van der Waals surface area contributed by atoms with Gasteiger partial charge in [-0.3, -0.25) is 24.6 Å². The van der Waals surface area contributed by atoms with E-state index in [1.807, 2.05) is 66.7 Å². The quantitative estimate of drug-likeness (QED) is 0.0707. The number of carbonyl (C=O) groups excluding carboxylic acids is 4. The minimum absolute atomic E-state index is 0.111. The monoisotopic (exact) mass is 691 g/mol. The van der Waals surface area contributed by atoms with E-state index in [0.29, 0.717) is 37.9 Å². The van der Waals surface area contributed by atoms with Gasteiger partial charge >= 0.3 is 0 Å². The molecular formula is C39H45N7O5. The van der Waals surface area contributed by atoms with Gasteiger partial charge in [0, 0.05) is 30.0 Å². The molecule has 1 heterocycles. The van der Waals surface area contributed by atoms with Crippen LogP contribution in [0.1, 0.15) is 43.2 Å². The third kappa shape index (κ3) is 10.5. The van der Waals surface area contributed by atoms with E-state index in [0.717, 1.165) is 21.9 Å². The minimum Gasteiger partial charge on any atom is -0.508 e. The van der Waals surface area contributed by atoms with Crippen LogP contribution in [0.25, 0.3) is 10.8 Å². The molecule has 0 bridgehead atoms. The fourth-order valence-electron chi connectivity index (χ4n) is 6.33. The molecule has 4 atom stereocenters. The SMILES string of the molecule is N=C(N)NCCCC1NC(=O)C(Cc2ccccc2)NC(=O)C(Cc2ccc(O)cc2)CCCC(C(=O)Nc2cccc3ccccc23)NC1=O. The molecule has 4 unspecified atom stereocenters. The standard InChI is InChI=1S/C39H45N7O5/c40-39(41)42-22-8-17-33-37(50)44-32(36(49)43-31-15-6-12-27-11-4-5-14-30(27)31)16-7-13-28(23-26-18-20-29(47)21-19-26)35(48)46-34(38(51)45-33)24-25-9-2-1-3-10-25/h1-6,9-12,14-15,18-21,28,32-34,47H,7-8,13,16-17,22-24H2,(H,43,49)(H,44,50)(H,45,51)(H,46,48)(H4,40,41,42). The fourth-order valence-corrected chi connectivity index (χ4v) is 6.33. The van der Waals surface area contributed by atoms with Crippen molar-refractivity contribution in [3.63, 3.8) is 0 Å². The molecule has 4 amide bonds. The summed E-state index contributed by atoms with van der Waals surface area (Å²) in [7, 11) is 0. The highest BCUT2D eigenvalue weighted by molar-refractivity contribution is 6.05. The highest BCUT2D eigenvalue weighted by Gasteiger charge is 2.32. The second-order valence-corrected chi connectivity index (χ2v) is 12.9. The zero-order valence-corrected chi connectivity index (χ0v) is 28.4. The third-order valence-corrected chi connectivity index (χ3v) is 9.05. The lowest BCUT2D eigenvalue weighted by atomic mass is 9.91. The largest absolute Gasteiger partial charge is 0.508 e. The normalized spacial score (nSPS) is 20.0. The maximum atomic E-state index is 14.0. The zero-order chi connectivity index (χ0) is 36.2. The number of rotatable bonds is 10. The number of hydrogen-bond donors (Lipinski definition) is 8.